The molecule has 1 atom stereocenters. The summed E-state index contributed by atoms with van der Waals surface area (Å²) in [5, 5.41) is 10.5. The van der Waals surface area contributed by atoms with Crippen molar-refractivity contribution in [2.24, 2.45) is 0 Å². The van der Waals surface area contributed by atoms with E-state index < -0.39 is 0 Å². The molecule has 4 nitrogen and oxygen atoms in total. The molecule has 0 fully saturated rings. The zero-order valence-corrected chi connectivity index (χ0v) is 12.4. The summed E-state index contributed by atoms with van der Waals surface area (Å²) in [6, 6.07) is 8.26. The van der Waals surface area contributed by atoms with Gasteiger partial charge in [0, 0.05) is 23.7 Å². The Labute approximate surface area is 128 Å². The first-order valence-electron chi connectivity index (χ1n) is 7.71. The highest BCUT2D eigenvalue weighted by atomic mass is 16.7. The van der Waals surface area contributed by atoms with Gasteiger partial charge in [-0.25, -0.2) is 0 Å². The fourth-order valence-corrected chi connectivity index (χ4v) is 4.13. The maximum Gasteiger partial charge on any atom is 0.231 e. The fraction of sp³-hybridized carbons (Fsp3) is 0.333. The Morgan fingerprint density at radius 1 is 1.18 bits per heavy atom. The largest absolute Gasteiger partial charge is 0.507 e. The minimum atomic E-state index is 0.259. The summed E-state index contributed by atoms with van der Waals surface area (Å²) in [4.78, 5) is 2.40. The molecule has 0 radical (unpaired) electrons. The Hall–Kier alpha value is -2.20. The van der Waals surface area contributed by atoms with E-state index >= 15 is 0 Å². The molecule has 0 aromatic heterocycles. The number of phenols is 1. The molecule has 2 heterocycles. The fourth-order valence-electron chi connectivity index (χ4n) is 4.13. The maximum atomic E-state index is 10.5. The highest BCUT2D eigenvalue weighted by Crippen LogP contribution is 2.55. The first-order chi connectivity index (χ1) is 10.7. The minimum absolute atomic E-state index is 0.259. The van der Waals surface area contributed by atoms with Crippen LogP contribution in [0.15, 0.2) is 24.3 Å². The third kappa shape index (κ3) is 1.45. The monoisotopic (exact) mass is 295 g/mol. The molecule has 0 bridgehead atoms. The topological polar surface area (TPSA) is 41.9 Å². The van der Waals surface area contributed by atoms with Crippen LogP contribution in [0.3, 0.4) is 0 Å². The van der Waals surface area contributed by atoms with Crippen molar-refractivity contribution in [2.75, 3.05) is 20.4 Å². The van der Waals surface area contributed by atoms with Gasteiger partial charge in [0.05, 0.1) is 0 Å². The lowest BCUT2D eigenvalue weighted by molar-refractivity contribution is 0.174. The van der Waals surface area contributed by atoms with Crippen LogP contribution < -0.4 is 9.47 Å². The maximum absolute atomic E-state index is 10.5. The van der Waals surface area contributed by atoms with Crippen molar-refractivity contribution in [1.82, 2.24) is 4.90 Å². The van der Waals surface area contributed by atoms with Gasteiger partial charge in [-0.15, -0.1) is 0 Å². The number of ether oxygens (including phenoxy) is 2. The predicted molar refractivity (Wildman–Crippen MR) is 82.4 cm³/mol. The quantitative estimate of drug-likeness (QED) is 0.811. The number of benzene rings is 2. The molecule has 4 heteroatoms. The van der Waals surface area contributed by atoms with Gasteiger partial charge in [-0.05, 0) is 48.7 Å². The van der Waals surface area contributed by atoms with Crippen LogP contribution in [0, 0.1) is 0 Å². The first-order valence-corrected chi connectivity index (χ1v) is 7.71. The van der Waals surface area contributed by atoms with Gasteiger partial charge in [-0.3, -0.25) is 4.90 Å². The lowest BCUT2D eigenvalue weighted by Gasteiger charge is -2.40. The summed E-state index contributed by atoms with van der Waals surface area (Å²) in [7, 11) is 2.18. The molecule has 0 saturated carbocycles. The van der Waals surface area contributed by atoms with Gasteiger partial charge in [0.15, 0.2) is 11.5 Å². The summed E-state index contributed by atoms with van der Waals surface area (Å²) in [5.74, 6) is 1.94. The second kappa shape index (κ2) is 4.17. The van der Waals surface area contributed by atoms with Crippen LogP contribution in [0.4, 0.5) is 0 Å². The Bertz CT molecular complexity index is 799. The van der Waals surface area contributed by atoms with E-state index in [2.05, 4.69) is 24.1 Å². The summed E-state index contributed by atoms with van der Waals surface area (Å²) < 4.78 is 11.4. The van der Waals surface area contributed by atoms with E-state index in [1.165, 1.54) is 16.7 Å². The van der Waals surface area contributed by atoms with Gasteiger partial charge in [0.1, 0.15) is 5.75 Å². The number of phenolic OH excluding ortho intramolecular Hbond substituents is 1. The van der Waals surface area contributed by atoms with Crippen molar-refractivity contribution in [1.29, 1.82) is 0 Å². The summed E-state index contributed by atoms with van der Waals surface area (Å²) in [6.07, 6.45) is 1.94. The van der Waals surface area contributed by atoms with Gasteiger partial charge in [0.25, 0.3) is 0 Å². The lowest BCUT2D eigenvalue weighted by atomic mass is 9.76. The molecule has 112 valence electrons. The van der Waals surface area contributed by atoms with Gasteiger partial charge in [-0.1, -0.05) is 12.1 Å². The second-order valence-corrected chi connectivity index (χ2v) is 6.32. The standard InChI is InChI=1S/C18H17NO3/c1-19-6-5-11-8-14-18(22-9-21-14)17-15(11)12(19)7-10-3-2-4-13(20)16(10)17/h2-4,8,12,20H,5-7,9H2,1H3/t12-/m0/s1. The molecule has 2 aromatic carbocycles. The van der Waals surface area contributed by atoms with Gasteiger partial charge in [0.2, 0.25) is 6.79 Å². The van der Waals surface area contributed by atoms with Gasteiger partial charge >= 0.3 is 0 Å². The van der Waals surface area contributed by atoms with E-state index in [1.807, 2.05) is 6.07 Å². The van der Waals surface area contributed by atoms with Crippen molar-refractivity contribution in [3.05, 3.63) is 41.0 Å². The Morgan fingerprint density at radius 2 is 2.09 bits per heavy atom. The highest BCUT2D eigenvalue weighted by Gasteiger charge is 2.38. The summed E-state index contributed by atoms with van der Waals surface area (Å²) in [5.41, 5.74) is 5.79. The van der Waals surface area contributed by atoms with Crippen LogP contribution in [-0.2, 0) is 12.8 Å². The van der Waals surface area contributed by atoms with Crippen molar-refractivity contribution < 1.29 is 14.6 Å². The first kappa shape index (κ1) is 12.4. The Morgan fingerprint density at radius 3 is 3.00 bits per heavy atom. The van der Waals surface area contributed by atoms with E-state index in [9.17, 15) is 5.11 Å². The van der Waals surface area contributed by atoms with E-state index in [0.717, 1.165) is 42.0 Å². The highest BCUT2D eigenvalue weighted by molar-refractivity contribution is 5.87. The van der Waals surface area contributed by atoms with Crippen LogP contribution in [0.2, 0.25) is 0 Å². The minimum Gasteiger partial charge on any atom is -0.507 e. The number of rotatable bonds is 0. The number of nitrogens with zero attached hydrogens (tertiary/aromatic N) is 1. The molecular formula is C18H17NO3. The molecule has 1 N–H and O–H groups in total. The average molecular weight is 295 g/mol. The number of hydrogen-bond donors (Lipinski definition) is 1. The lowest BCUT2D eigenvalue weighted by Crippen LogP contribution is -2.35. The van der Waals surface area contributed by atoms with Crippen molar-refractivity contribution in [2.45, 2.75) is 18.9 Å². The third-order valence-corrected chi connectivity index (χ3v) is 5.18. The van der Waals surface area contributed by atoms with Gasteiger partial charge in [-0.2, -0.15) is 0 Å². The predicted octanol–water partition coefficient (Wildman–Crippen LogP) is 2.87. The Kier molecular flexibility index (Phi) is 2.34. The van der Waals surface area contributed by atoms with Crippen LogP contribution in [-0.4, -0.2) is 30.4 Å². The molecule has 22 heavy (non-hydrogen) atoms. The second-order valence-electron chi connectivity index (χ2n) is 6.32. The average Bonchev–Trinajstić information content (AvgIpc) is 2.98. The van der Waals surface area contributed by atoms with Crippen LogP contribution in [0.1, 0.15) is 22.7 Å². The zero-order valence-electron chi connectivity index (χ0n) is 12.4. The van der Waals surface area contributed by atoms with Crippen LogP contribution in [0.5, 0.6) is 17.2 Å². The molecule has 2 aliphatic heterocycles. The molecule has 0 saturated heterocycles. The zero-order chi connectivity index (χ0) is 14.8. The number of likely N-dealkylation sites (N-methyl/N-ethyl adjacent to an activating group) is 1. The van der Waals surface area contributed by atoms with E-state index in [4.69, 9.17) is 9.47 Å². The number of aromatic hydroxyl groups is 1. The normalized spacial score (nSPS) is 21.4. The summed E-state index contributed by atoms with van der Waals surface area (Å²) >= 11 is 0. The van der Waals surface area contributed by atoms with Crippen molar-refractivity contribution >= 4 is 0 Å². The molecule has 0 amide bonds. The van der Waals surface area contributed by atoms with Crippen molar-refractivity contribution in [3.8, 4) is 28.4 Å². The summed E-state index contributed by atoms with van der Waals surface area (Å²) in [6.45, 7) is 1.31. The molecule has 5 rings (SSSR count). The number of hydrogen-bond acceptors (Lipinski definition) is 4. The Balaban J connectivity index is 1.91. The van der Waals surface area contributed by atoms with Crippen LogP contribution in [0.25, 0.3) is 11.1 Å². The molecule has 0 spiro atoms. The van der Waals surface area contributed by atoms with Crippen LogP contribution >= 0.6 is 0 Å². The molecule has 3 aliphatic rings. The van der Waals surface area contributed by atoms with Gasteiger partial charge < -0.3 is 14.6 Å². The van der Waals surface area contributed by atoms with E-state index in [1.54, 1.807) is 6.07 Å². The molecule has 0 unspecified atom stereocenters. The molecule has 2 aromatic rings. The third-order valence-electron chi connectivity index (χ3n) is 5.18. The van der Waals surface area contributed by atoms with E-state index in [-0.39, 0.29) is 6.79 Å². The SMILES string of the molecule is CN1CCc2cc3c(c4c2[C@@H]1Cc1cccc(O)c1-4)OCO3. The molecule has 1 aliphatic carbocycles. The van der Waals surface area contributed by atoms with E-state index in [0.29, 0.717) is 11.8 Å². The molecular weight excluding hydrogens is 278 g/mol. The number of fused-ring (bicyclic) bond motifs is 4. The van der Waals surface area contributed by atoms with Crippen molar-refractivity contribution in [3.63, 3.8) is 0 Å². The smallest absolute Gasteiger partial charge is 0.231 e.